The lowest BCUT2D eigenvalue weighted by atomic mass is 9.89. The largest absolute Gasteiger partial charge is 0.478 e. The van der Waals surface area contributed by atoms with Crippen LogP contribution in [0, 0.1) is 12.7 Å². The molecule has 3 aromatic rings. The number of hydrogen-bond acceptors (Lipinski definition) is 5. The molecule has 0 aliphatic carbocycles. The van der Waals surface area contributed by atoms with Gasteiger partial charge in [0, 0.05) is 19.0 Å². The molecule has 1 saturated heterocycles. The molecule has 1 aromatic heterocycles. The van der Waals surface area contributed by atoms with E-state index in [1.165, 1.54) is 12.1 Å². The summed E-state index contributed by atoms with van der Waals surface area (Å²) in [5, 5.41) is 3.90. The minimum Gasteiger partial charge on any atom is -0.478 e. The van der Waals surface area contributed by atoms with Crippen LogP contribution in [0.25, 0.3) is 0 Å². The summed E-state index contributed by atoms with van der Waals surface area (Å²) in [6.45, 7) is 4.34. The molecule has 0 spiro atoms. The molecular weight excluding hydrogens is 373 g/mol. The van der Waals surface area contributed by atoms with Gasteiger partial charge in [-0.05, 0) is 31.5 Å². The van der Waals surface area contributed by atoms with Crippen LogP contribution in [0.3, 0.4) is 0 Å². The summed E-state index contributed by atoms with van der Waals surface area (Å²) in [5.41, 5.74) is 1.10. The van der Waals surface area contributed by atoms with Crippen LogP contribution in [0.1, 0.15) is 36.0 Å². The Bertz CT molecular complexity index is 992. The highest BCUT2D eigenvalue weighted by Crippen LogP contribution is 2.39. The van der Waals surface area contributed by atoms with Crippen LogP contribution < -0.4 is 4.74 Å². The van der Waals surface area contributed by atoms with Crippen molar-refractivity contribution in [2.75, 3.05) is 13.1 Å². The molecule has 0 unspecified atom stereocenters. The van der Waals surface area contributed by atoms with Crippen LogP contribution in [0.5, 0.6) is 5.75 Å². The van der Waals surface area contributed by atoms with Gasteiger partial charge < -0.3 is 14.2 Å². The summed E-state index contributed by atoms with van der Waals surface area (Å²) in [7, 11) is 0. The maximum absolute atomic E-state index is 13.9. The van der Waals surface area contributed by atoms with E-state index >= 15 is 0 Å². The second-order valence-corrected chi connectivity index (χ2v) is 7.24. The zero-order chi connectivity index (χ0) is 20.4. The van der Waals surface area contributed by atoms with Crippen molar-refractivity contribution in [2.24, 2.45) is 0 Å². The SMILES string of the molecule is Cc1noc([C@@H]2CN(C(=O)[C@@H](C)Oc3ccccc3F)C[C@H]2c2ccccc2)n1. The molecule has 1 fully saturated rings. The van der Waals surface area contributed by atoms with E-state index in [0.29, 0.717) is 24.8 Å². The van der Waals surface area contributed by atoms with Crippen LogP contribution >= 0.6 is 0 Å². The number of nitrogens with zero attached hydrogens (tertiary/aromatic N) is 3. The molecule has 150 valence electrons. The molecule has 0 N–H and O–H groups in total. The summed E-state index contributed by atoms with van der Waals surface area (Å²) in [5.74, 6) is 0.380. The van der Waals surface area contributed by atoms with Gasteiger partial charge in [-0.1, -0.05) is 47.6 Å². The number of halogens is 1. The first kappa shape index (κ1) is 19.1. The van der Waals surface area contributed by atoms with Gasteiger partial charge in [-0.3, -0.25) is 4.79 Å². The fourth-order valence-electron chi connectivity index (χ4n) is 3.77. The molecule has 3 atom stereocenters. The number of likely N-dealkylation sites (tertiary alicyclic amines) is 1. The molecule has 0 radical (unpaired) electrons. The summed E-state index contributed by atoms with van der Waals surface area (Å²) < 4.78 is 24.9. The lowest BCUT2D eigenvalue weighted by molar-refractivity contribution is -0.137. The van der Waals surface area contributed by atoms with E-state index in [1.807, 2.05) is 30.3 Å². The van der Waals surface area contributed by atoms with E-state index in [9.17, 15) is 9.18 Å². The molecule has 1 amide bonds. The first-order chi connectivity index (χ1) is 14.0. The second kappa shape index (κ2) is 8.03. The van der Waals surface area contributed by atoms with Gasteiger partial charge in [-0.25, -0.2) is 4.39 Å². The zero-order valence-electron chi connectivity index (χ0n) is 16.3. The standard InChI is InChI=1S/C22H22FN3O3/c1-14(28-20-11-7-6-10-19(20)23)22(27)26-12-17(16-8-4-3-5-9-16)18(13-26)21-24-15(2)25-29-21/h3-11,14,17-18H,12-13H2,1-2H3/t14-,17+,18-/m1/s1. The van der Waals surface area contributed by atoms with Crippen molar-refractivity contribution in [1.29, 1.82) is 0 Å². The average Bonchev–Trinajstić information content (AvgIpc) is 3.36. The normalized spacial score (nSPS) is 19.9. The number of carbonyl (C=O) groups excluding carboxylic acids is 1. The number of ether oxygens (including phenoxy) is 1. The van der Waals surface area contributed by atoms with E-state index in [2.05, 4.69) is 10.1 Å². The molecular formula is C22H22FN3O3. The summed E-state index contributed by atoms with van der Waals surface area (Å²) in [4.78, 5) is 19.2. The Morgan fingerprint density at radius 1 is 1.14 bits per heavy atom. The predicted molar refractivity (Wildman–Crippen MR) is 104 cm³/mol. The van der Waals surface area contributed by atoms with Gasteiger partial charge in [0.2, 0.25) is 5.89 Å². The molecule has 4 rings (SSSR count). The van der Waals surface area contributed by atoms with Crippen molar-refractivity contribution < 1.29 is 18.4 Å². The maximum atomic E-state index is 13.9. The summed E-state index contributed by atoms with van der Waals surface area (Å²) in [6.07, 6.45) is -0.813. The predicted octanol–water partition coefficient (Wildman–Crippen LogP) is 3.69. The Labute approximate surface area is 168 Å². The number of para-hydroxylation sites is 1. The van der Waals surface area contributed by atoms with E-state index in [0.717, 1.165) is 5.56 Å². The highest BCUT2D eigenvalue weighted by atomic mass is 19.1. The summed E-state index contributed by atoms with van der Waals surface area (Å²) in [6, 6.07) is 16.0. The van der Waals surface area contributed by atoms with Gasteiger partial charge in [0.05, 0.1) is 5.92 Å². The van der Waals surface area contributed by atoms with Gasteiger partial charge in [0.15, 0.2) is 23.5 Å². The Hall–Kier alpha value is -3.22. The van der Waals surface area contributed by atoms with Crippen molar-refractivity contribution in [1.82, 2.24) is 15.0 Å². The number of aromatic nitrogens is 2. The quantitative estimate of drug-likeness (QED) is 0.659. The third-order valence-electron chi connectivity index (χ3n) is 5.21. The third kappa shape index (κ3) is 3.99. The van der Waals surface area contributed by atoms with Crippen LogP contribution in [0.4, 0.5) is 4.39 Å². The third-order valence-corrected chi connectivity index (χ3v) is 5.21. The molecule has 0 bridgehead atoms. The van der Waals surface area contributed by atoms with Gasteiger partial charge in [-0.15, -0.1) is 0 Å². The molecule has 1 aliphatic rings. The van der Waals surface area contributed by atoms with Gasteiger partial charge in [0.25, 0.3) is 5.91 Å². The van der Waals surface area contributed by atoms with Gasteiger partial charge in [0.1, 0.15) is 0 Å². The molecule has 2 heterocycles. The number of amides is 1. The summed E-state index contributed by atoms with van der Waals surface area (Å²) >= 11 is 0. The lowest BCUT2D eigenvalue weighted by Crippen LogP contribution is -2.39. The number of rotatable bonds is 5. The van der Waals surface area contributed by atoms with Crippen LogP contribution in [0.15, 0.2) is 59.1 Å². The van der Waals surface area contributed by atoms with Gasteiger partial charge in [-0.2, -0.15) is 4.98 Å². The minimum atomic E-state index is -0.813. The number of aryl methyl sites for hydroxylation is 1. The van der Waals surface area contributed by atoms with Crippen LogP contribution in [0.2, 0.25) is 0 Å². The molecule has 1 aliphatic heterocycles. The Balaban J connectivity index is 1.55. The number of carbonyl (C=O) groups is 1. The van der Waals surface area contributed by atoms with E-state index in [1.54, 1.807) is 30.9 Å². The van der Waals surface area contributed by atoms with E-state index < -0.39 is 11.9 Å². The van der Waals surface area contributed by atoms with Crippen LogP contribution in [-0.2, 0) is 4.79 Å². The fourth-order valence-corrected chi connectivity index (χ4v) is 3.77. The van der Waals surface area contributed by atoms with Crippen molar-refractivity contribution in [3.8, 4) is 5.75 Å². The lowest BCUT2D eigenvalue weighted by Gasteiger charge is -2.22. The van der Waals surface area contributed by atoms with Crippen molar-refractivity contribution in [2.45, 2.75) is 31.8 Å². The maximum Gasteiger partial charge on any atom is 0.263 e. The van der Waals surface area contributed by atoms with E-state index in [4.69, 9.17) is 9.26 Å². The first-order valence-corrected chi connectivity index (χ1v) is 9.58. The monoisotopic (exact) mass is 395 g/mol. The Morgan fingerprint density at radius 2 is 1.83 bits per heavy atom. The fraction of sp³-hybridized carbons (Fsp3) is 0.318. The highest BCUT2D eigenvalue weighted by molar-refractivity contribution is 5.81. The number of benzene rings is 2. The molecule has 29 heavy (non-hydrogen) atoms. The van der Waals surface area contributed by atoms with E-state index in [-0.39, 0.29) is 23.5 Å². The molecule has 0 saturated carbocycles. The van der Waals surface area contributed by atoms with Crippen molar-refractivity contribution in [3.63, 3.8) is 0 Å². The Kier molecular flexibility index (Phi) is 5.29. The zero-order valence-corrected chi connectivity index (χ0v) is 16.3. The van der Waals surface area contributed by atoms with Crippen molar-refractivity contribution in [3.05, 3.63) is 77.7 Å². The second-order valence-electron chi connectivity index (χ2n) is 7.24. The molecule has 6 nitrogen and oxygen atoms in total. The van der Waals surface area contributed by atoms with Crippen LogP contribution in [-0.4, -0.2) is 40.1 Å². The molecule has 2 aromatic carbocycles. The average molecular weight is 395 g/mol. The van der Waals surface area contributed by atoms with Crippen molar-refractivity contribution >= 4 is 5.91 Å². The first-order valence-electron chi connectivity index (χ1n) is 9.58. The minimum absolute atomic E-state index is 0.0284. The van der Waals surface area contributed by atoms with Gasteiger partial charge >= 0.3 is 0 Å². The highest BCUT2D eigenvalue weighted by Gasteiger charge is 2.41. The smallest absolute Gasteiger partial charge is 0.263 e. The Morgan fingerprint density at radius 3 is 2.52 bits per heavy atom. The number of hydrogen-bond donors (Lipinski definition) is 0. The topological polar surface area (TPSA) is 68.5 Å². The molecule has 7 heteroatoms.